The lowest BCUT2D eigenvalue weighted by atomic mass is 10.1. The number of rotatable bonds is 3. The molecule has 6 nitrogen and oxygen atoms in total. The van der Waals surface area contributed by atoms with E-state index in [2.05, 4.69) is 0 Å². The fourth-order valence-corrected chi connectivity index (χ4v) is 3.03. The Kier molecular flexibility index (Phi) is 4.04. The standard InChI is InChI=1S/C14H17NO5S/c1-9-3-4-11(21(2,19)20)7-12(9)13(16)15-6-5-10(8-15)14(17)18/h3-4,7,10H,5-6,8H2,1-2H3,(H,17,18). The van der Waals surface area contributed by atoms with Crippen LogP contribution in [-0.4, -0.2) is 49.6 Å². The summed E-state index contributed by atoms with van der Waals surface area (Å²) in [4.78, 5) is 24.9. The molecule has 1 aliphatic heterocycles. The van der Waals surface area contributed by atoms with Crippen LogP contribution in [0.2, 0.25) is 0 Å². The molecule has 1 atom stereocenters. The third-order valence-electron chi connectivity index (χ3n) is 3.69. The van der Waals surface area contributed by atoms with Crippen molar-refractivity contribution in [3.63, 3.8) is 0 Å². The van der Waals surface area contributed by atoms with Crippen LogP contribution >= 0.6 is 0 Å². The molecule has 1 heterocycles. The molecule has 0 aromatic heterocycles. The normalized spacial score (nSPS) is 18.8. The van der Waals surface area contributed by atoms with Gasteiger partial charge in [-0.15, -0.1) is 0 Å². The molecule has 114 valence electrons. The van der Waals surface area contributed by atoms with Crippen molar-refractivity contribution in [2.24, 2.45) is 5.92 Å². The van der Waals surface area contributed by atoms with Crippen LogP contribution in [0.15, 0.2) is 23.1 Å². The van der Waals surface area contributed by atoms with E-state index in [1.54, 1.807) is 13.0 Å². The highest BCUT2D eigenvalue weighted by Gasteiger charge is 2.32. The Hall–Kier alpha value is -1.89. The highest BCUT2D eigenvalue weighted by atomic mass is 32.2. The Bertz CT molecular complexity index is 695. The van der Waals surface area contributed by atoms with Crippen molar-refractivity contribution in [1.29, 1.82) is 0 Å². The molecule has 1 saturated heterocycles. The van der Waals surface area contributed by atoms with Gasteiger partial charge in [0.15, 0.2) is 9.84 Å². The topological polar surface area (TPSA) is 91.8 Å². The molecule has 7 heteroatoms. The Morgan fingerprint density at radius 1 is 1.33 bits per heavy atom. The third-order valence-corrected chi connectivity index (χ3v) is 4.80. The van der Waals surface area contributed by atoms with Gasteiger partial charge in [0.25, 0.3) is 5.91 Å². The molecule has 1 fully saturated rings. The number of amides is 1. The van der Waals surface area contributed by atoms with E-state index in [0.29, 0.717) is 24.1 Å². The summed E-state index contributed by atoms with van der Waals surface area (Å²) in [6.45, 7) is 2.26. The van der Waals surface area contributed by atoms with E-state index in [4.69, 9.17) is 5.11 Å². The van der Waals surface area contributed by atoms with Crippen molar-refractivity contribution in [2.45, 2.75) is 18.2 Å². The third kappa shape index (κ3) is 3.24. The Balaban J connectivity index is 2.30. The number of carboxylic acids is 1. The van der Waals surface area contributed by atoms with Gasteiger partial charge < -0.3 is 10.0 Å². The van der Waals surface area contributed by atoms with Crippen LogP contribution in [0, 0.1) is 12.8 Å². The molecule has 0 spiro atoms. The molecular weight excluding hydrogens is 294 g/mol. The predicted octanol–water partition coefficient (Wildman–Crippen LogP) is 0.945. The fourth-order valence-electron chi connectivity index (χ4n) is 2.38. The van der Waals surface area contributed by atoms with Gasteiger partial charge in [-0.3, -0.25) is 9.59 Å². The Morgan fingerprint density at radius 2 is 2.00 bits per heavy atom. The second-order valence-corrected chi connectivity index (χ2v) is 7.34. The number of benzene rings is 1. The maximum atomic E-state index is 12.5. The smallest absolute Gasteiger partial charge is 0.308 e. The van der Waals surface area contributed by atoms with Gasteiger partial charge in [0, 0.05) is 24.9 Å². The van der Waals surface area contributed by atoms with Gasteiger partial charge in [-0.05, 0) is 31.0 Å². The number of nitrogens with zero attached hydrogens (tertiary/aromatic N) is 1. The molecule has 1 amide bonds. The zero-order valence-electron chi connectivity index (χ0n) is 11.9. The largest absolute Gasteiger partial charge is 0.481 e. The van der Waals surface area contributed by atoms with Gasteiger partial charge in [-0.1, -0.05) is 6.07 Å². The number of carbonyl (C=O) groups is 2. The number of likely N-dealkylation sites (tertiary alicyclic amines) is 1. The molecule has 21 heavy (non-hydrogen) atoms. The monoisotopic (exact) mass is 311 g/mol. The molecule has 2 rings (SSSR count). The maximum Gasteiger partial charge on any atom is 0.308 e. The van der Waals surface area contributed by atoms with Crippen molar-refractivity contribution in [2.75, 3.05) is 19.3 Å². The highest BCUT2D eigenvalue weighted by Crippen LogP contribution is 2.22. The molecule has 1 unspecified atom stereocenters. The zero-order valence-corrected chi connectivity index (χ0v) is 12.7. The molecule has 0 bridgehead atoms. The number of hydrogen-bond donors (Lipinski definition) is 1. The molecular formula is C14H17NO5S. The first-order chi connectivity index (χ1) is 9.70. The maximum absolute atomic E-state index is 12.5. The van der Waals surface area contributed by atoms with Crippen molar-refractivity contribution < 1.29 is 23.1 Å². The van der Waals surface area contributed by atoms with Gasteiger partial charge in [0.05, 0.1) is 10.8 Å². The molecule has 1 aromatic carbocycles. The summed E-state index contributed by atoms with van der Waals surface area (Å²) in [5.41, 5.74) is 0.982. The van der Waals surface area contributed by atoms with E-state index < -0.39 is 21.7 Å². The Labute approximate surface area is 123 Å². The van der Waals surface area contributed by atoms with E-state index in [1.807, 2.05) is 0 Å². The van der Waals surface area contributed by atoms with E-state index in [-0.39, 0.29) is 17.3 Å². The van der Waals surface area contributed by atoms with Gasteiger partial charge in [-0.2, -0.15) is 0 Å². The van der Waals surface area contributed by atoms with E-state index in [0.717, 1.165) is 6.26 Å². The summed E-state index contributed by atoms with van der Waals surface area (Å²) < 4.78 is 23.2. The van der Waals surface area contributed by atoms with Gasteiger partial charge in [-0.25, -0.2) is 8.42 Å². The van der Waals surface area contributed by atoms with E-state index >= 15 is 0 Å². The highest BCUT2D eigenvalue weighted by molar-refractivity contribution is 7.90. The molecule has 0 saturated carbocycles. The molecule has 0 aliphatic carbocycles. The predicted molar refractivity (Wildman–Crippen MR) is 75.9 cm³/mol. The summed E-state index contributed by atoms with van der Waals surface area (Å²) in [6.07, 6.45) is 1.51. The minimum absolute atomic E-state index is 0.0884. The second kappa shape index (κ2) is 5.48. The number of carbonyl (C=O) groups excluding carboxylic acids is 1. The van der Waals surface area contributed by atoms with Crippen molar-refractivity contribution in [3.8, 4) is 0 Å². The van der Waals surface area contributed by atoms with Crippen LogP contribution in [0.1, 0.15) is 22.3 Å². The van der Waals surface area contributed by atoms with Gasteiger partial charge in [0.2, 0.25) is 0 Å². The van der Waals surface area contributed by atoms with Crippen LogP contribution in [0.4, 0.5) is 0 Å². The zero-order chi connectivity index (χ0) is 15.8. The number of aliphatic carboxylic acids is 1. The molecule has 1 aromatic rings. The van der Waals surface area contributed by atoms with E-state index in [9.17, 15) is 18.0 Å². The second-order valence-electron chi connectivity index (χ2n) is 5.32. The van der Waals surface area contributed by atoms with Gasteiger partial charge >= 0.3 is 5.97 Å². The summed E-state index contributed by atoms with van der Waals surface area (Å²) in [7, 11) is -3.39. The lowest BCUT2D eigenvalue weighted by molar-refractivity contribution is -0.141. The van der Waals surface area contributed by atoms with Crippen LogP contribution < -0.4 is 0 Å². The summed E-state index contributed by atoms with van der Waals surface area (Å²) in [5.74, 6) is -1.78. The summed E-state index contributed by atoms with van der Waals surface area (Å²) >= 11 is 0. The number of carboxylic acid groups (broad SMARTS) is 1. The van der Waals surface area contributed by atoms with Crippen LogP contribution in [-0.2, 0) is 14.6 Å². The SMILES string of the molecule is Cc1ccc(S(C)(=O)=O)cc1C(=O)N1CCC(C(=O)O)C1. The van der Waals surface area contributed by atoms with Crippen molar-refractivity contribution in [1.82, 2.24) is 4.90 Å². The Morgan fingerprint density at radius 3 is 2.52 bits per heavy atom. The van der Waals surface area contributed by atoms with Crippen LogP contribution in [0.3, 0.4) is 0 Å². The minimum Gasteiger partial charge on any atom is -0.481 e. The van der Waals surface area contributed by atoms with Crippen molar-refractivity contribution in [3.05, 3.63) is 29.3 Å². The number of sulfone groups is 1. The first-order valence-electron chi connectivity index (χ1n) is 6.53. The number of aryl methyl sites for hydroxylation is 1. The average Bonchev–Trinajstić information content (AvgIpc) is 2.86. The minimum atomic E-state index is -3.39. The average molecular weight is 311 g/mol. The summed E-state index contributed by atoms with van der Waals surface area (Å²) in [5, 5.41) is 8.97. The molecule has 1 N–H and O–H groups in total. The van der Waals surface area contributed by atoms with Crippen molar-refractivity contribution >= 4 is 21.7 Å². The quantitative estimate of drug-likeness (QED) is 0.897. The lowest BCUT2D eigenvalue weighted by Gasteiger charge is -2.17. The first kappa shape index (κ1) is 15.5. The van der Waals surface area contributed by atoms with E-state index in [1.165, 1.54) is 17.0 Å². The number of hydrogen-bond acceptors (Lipinski definition) is 4. The fraction of sp³-hybridized carbons (Fsp3) is 0.429. The molecule has 1 aliphatic rings. The lowest BCUT2D eigenvalue weighted by Crippen LogP contribution is -2.30. The van der Waals surface area contributed by atoms with Crippen LogP contribution in [0.5, 0.6) is 0 Å². The first-order valence-corrected chi connectivity index (χ1v) is 8.42. The summed E-state index contributed by atoms with van der Waals surface area (Å²) in [6, 6.07) is 4.42. The van der Waals surface area contributed by atoms with Crippen LogP contribution in [0.25, 0.3) is 0 Å². The van der Waals surface area contributed by atoms with Gasteiger partial charge in [0.1, 0.15) is 0 Å². The molecule has 0 radical (unpaired) electrons.